The first kappa shape index (κ1) is 18.8. The second-order valence-electron chi connectivity index (χ2n) is 9.28. The molecule has 3 aliphatic carbocycles. The zero-order valence-corrected chi connectivity index (χ0v) is 16.7. The van der Waals surface area contributed by atoms with Crippen LogP contribution in [-0.4, -0.2) is 27.0 Å². The SMILES string of the molecule is CC#C[C@]1(O)C(O)C[C@H]2[C@@H]3CCc4cc(O)ccc4[C@H]3[C@@H](CCC)C[C@@]21C. The highest BCUT2D eigenvalue weighted by atomic mass is 16.3. The van der Waals surface area contributed by atoms with Crippen molar-refractivity contribution in [2.45, 2.75) is 76.9 Å². The average Bonchev–Trinajstić information content (AvgIpc) is 2.82. The van der Waals surface area contributed by atoms with E-state index in [1.165, 1.54) is 11.1 Å². The van der Waals surface area contributed by atoms with Gasteiger partial charge in [0.2, 0.25) is 0 Å². The van der Waals surface area contributed by atoms with Gasteiger partial charge in [0.15, 0.2) is 5.60 Å². The summed E-state index contributed by atoms with van der Waals surface area (Å²) in [4.78, 5) is 0. The Balaban J connectivity index is 1.81. The zero-order valence-electron chi connectivity index (χ0n) is 16.7. The first-order valence-electron chi connectivity index (χ1n) is 10.5. The Bertz CT molecular complexity index is 791. The molecule has 0 spiro atoms. The van der Waals surface area contributed by atoms with Gasteiger partial charge in [0.25, 0.3) is 0 Å². The van der Waals surface area contributed by atoms with Crippen LogP contribution in [-0.2, 0) is 6.42 Å². The molecular formula is C24H32O3. The molecule has 0 radical (unpaired) electrons. The minimum absolute atomic E-state index is 0.276. The predicted octanol–water partition coefficient (Wildman–Crippen LogP) is 4.00. The number of phenols is 1. The molecule has 3 heteroatoms. The highest BCUT2D eigenvalue weighted by Crippen LogP contribution is 2.66. The van der Waals surface area contributed by atoms with Gasteiger partial charge in [0.1, 0.15) is 5.75 Å². The van der Waals surface area contributed by atoms with Crippen molar-refractivity contribution in [1.29, 1.82) is 0 Å². The van der Waals surface area contributed by atoms with Crippen molar-refractivity contribution in [2.75, 3.05) is 0 Å². The lowest BCUT2D eigenvalue weighted by Gasteiger charge is -2.55. The zero-order chi connectivity index (χ0) is 19.4. The van der Waals surface area contributed by atoms with Gasteiger partial charge in [-0.1, -0.05) is 38.7 Å². The lowest BCUT2D eigenvalue weighted by molar-refractivity contribution is -0.114. The standard InChI is InChI=1S/C24H32O3/c1-4-6-16-14-23(3)20(13-21(26)24(23,27)11-5-2)19-9-7-15-12-17(25)8-10-18(15)22(16)19/h8,10,12,16,19-22,25-27H,4,6-7,9,13-14H2,1-3H3/t16-,19-,20-,21?,22+,23-,24-/m0/s1. The molecule has 1 aromatic rings. The van der Waals surface area contributed by atoms with E-state index in [0.29, 0.717) is 29.9 Å². The number of aliphatic hydroxyl groups excluding tert-OH is 1. The number of aryl methyl sites for hydroxylation is 1. The Kier molecular flexibility index (Phi) is 4.56. The maximum Gasteiger partial charge on any atom is 0.156 e. The van der Waals surface area contributed by atoms with E-state index in [2.05, 4.69) is 31.8 Å². The van der Waals surface area contributed by atoms with Crippen LogP contribution in [0, 0.1) is 35.0 Å². The summed E-state index contributed by atoms with van der Waals surface area (Å²) in [6.45, 7) is 6.15. The van der Waals surface area contributed by atoms with Crippen molar-refractivity contribution in [1.82, 2.24) is 0 Å². The maximum atomic E-state index is 11.5. The molecule has 27 heavy (non-hydrogen) atoms. The summed E-state index contributed by atoms with van der Waals surface area (Å²) < 4.78 is 0. The van der Waals surface area contributed by atoms with E-state index in [1.54, 1.807) is 6.92 Å². The van der Waals surface area contributed by atoms with Crippen LogP contribution < -0.4 is 0 Å². The summed E-state index contributed by atoms with van der Waals surface area (Å²) in [5.41, 5.74) is 0.989. The van der Waals surface area contributed by atoms with Crippen LogP contribution in [0.3, 0.4) is 0 Å². The van der Waals surface area contributed by atoms with Gasteiger partial charge in [-0.05, 0) is 79.5 Å². The van der Waals surface area contributed by atoms with E-state index in [4.69, 9.17) is 0 Å². The third-order valence-electron chi connectivity index (χ3n) is 8.03. The molecule has 3 aliphatic rings. The topological polar surface area (TPSA) is 60.7 Å². The molecule has 2 saturated carbocycles. The van der Waals surface area contributed by atoms with Crippen molar-refractivity contribution in [3.05, 3.63) is 29.3 Å². The fourth-order valence-corrected chi connectivity index (χ4v) is 6.95. The molecule has 0 aliphatic heterocycles. The number of fused-ring (bicyclic) bond motifs is 5. The summed E-state index contributed by atoms with van der Waals surface area (Å²) in [6.07, 6.45) is 5.01. The molecule has 3 N–H and O–H groups in total. The number of benzene rings is 1. The van der Waals surface area contributed by atoms with Crippen molar-refractivity contribution in [2.24, 2.45) is 23.2 Å². The Morgan fingerprint density at radius 2 is 2.07 bits per heavy atom. The van der Waals surface area contributed by atoms with E-state index in [9.17, 15) is 15.3 Å². The van der Waals surface area contributed by atoms with Crippen LogP contribution in [0.25, 0.3) is 0 Å². The summed E-state index contributed by atoms with van der Waals surface area (Å²) in [7, 11) is 0. The largest absolute Gasteiger partial charge is 0.508 e. The van der Waals surface area contributed by atoms with Crippen LogP contribution in [0.15, 0.2) is 18.2 Å². The summed E-state index contributed by atoms with van der Waals surface area (Å²) in [6, 6.07) is 5.88. The van der Waals surface area contributed by atoms with Crippen LogP contribution >= 0.6 is 0 Å². The third-order valence-corrected chi connectivity index (χ3v) is 8.03. The quantitative estimate of drug-likeness (QED) is 0.692. The number of aliphatic hydroxyl groups is 2. The molecule has 0 heterocycles. The van der Waals surface area contributed by atoms with Gasteiger partial charge in [-0.25, -0.2) is 0 Å². The normalized spacial score (nSPS) is 42.5. The minimum Gasteiger partial charge on any atom is -0.508 e. The number of rotatable bonds is 2. The van der Waals surface area contributed by atoms with Crippen molar-refractivity contribution in [3.8, 4) is 17.6 Å². The second-order valence-corrected chi connectivity index (χ2v) is 9.28. The van der Waals surface area contributed by atoms with E-state index >= 15 is 0 Å². The molecule has 1 aromatic carbocycles. The molecule has 2 fully saturated rings. The molecule has 1 unspecified atom stereocenters. The van der Waals surface area contributed by atoms with Crippen LogP contribution in [0.1, 0.15) is 69.9 Å². The highest BCUT2D eigenvalue weighted by Gasteiger charge is 2.66. The smallest absolute Gasteiger partial charge is 0.156 e. The Morgan fingerprint density at radius 3 is 2.78 bits per heavy atom. The number of phenolic OH excluding ortho intramolecular Hbond substituents is 1. The maximum absolute atomic E-state index is 11.5. The van der Waals surface area contributed by atoms with Gasteiger partial charge in [0.05, 0.1) is 6.10 Å². The highest BCUT2D eigenvalue weighted by molar-refractivity contribution is 5.41. The Morgan fingerprint density at radius 1 is 1.30 bits per heavy atom. The molecular weight excluding hydrogens is 336 g/mol. The fourth-order valence-electron chi connectivity index (χ4n) is 6.95. The molecule has 146 valence electrons. The molecule has 7 atom stereocenters. The number of hydrogen-bond acceptors (Lipinski definition) is 3. The predicted molar refractivity (Wildman–Crippen MR) is 106 cm³/mol. The minimum atomic E-state index is -1.31. The first-order valence-corrected chi connectivity index (χ1v) is 10.5. The van der Waals surface area contributed by atoms with Crippen LogP contribution in [0.2, 0.25) is 0 Å². The number of aromatic hydroxyl groups is 1. The molecule has 0 bridgehead atoms. The monoisotopic (exact) mass is 368 g/mol. The van der Waals surface area contributed by atoms with Gasteiger partial charge in [-0.2, -0.15) is 0 Å². The van der Waals surface area contributed by atoms with Gasteiger partial charge < -0.3 is 15.3 Å². The molecule has 4 rings (SSSR count). The van der Waals surface area contributed by atoms with Gasteiger partial charge >= 0.3 is 0 Å². The van der Waals surface area contributed by atoms with Crippen molar-refractivity contribution < 1.29 is 15.3 Å². The van der Waals surface area contributed by atoms with Gasteiger partial charge in [0, 0.05) is 5.41 Å². The van der Waals surface area contributed by atoms with E-state index in [1.807, 2.05) is 12.1 Å². The van der Waals surface area contributed by atoms with Crippen molar-refractivity contribution >= 4 is 0 Å². The van der Waals surface area contributed by atoms with Gasteiger partial charge in [-0.15, -0.1) is 5.92 Å². The summed E-state index contributed by atoms with van der Waals surface area (Å²) >= 11 is 0. The number of hydrogen-bond donors (Lipinski definition) is 3. The fraction of sp³-hybridized carbons (Fsp3) is 0.667. The lowest BCUT2D eigenvalue weighted by atomic mass is 9.49. The lowest BCUT2D eigenvalue weighted by Crippen LogP contribution is -2.55. The molecule has 0 amide bonds. The van der Waals surface area contributed by atoms with E-state index in [0.717, 1.165) is 32.1 Å². The van der Waals surface area contributed by atoms with Crippen LogP contribution in [0.5, 0.6) is 5.75 Å². The molecule has 0 saturated heterocycles. The van der Waals surface area contributed by atoms with Crippen LogP contribution in [0.4, 0.5) is 0 Å². The van der Waals surface area contributed by atoms with Crippen molar-refractivity contribution in [3.63, 3.8) is 0 Å². The summed E-state index contributed by atoms with van der Waals surface area (Å²) in [5, 5.41) is 32.2. The van der Waals surface area contributed by atoms with E-state index in [-0.39, 0.29) is 11.3 Å². The average molecular weight is 369 g/mol. The second kappa shape index (κ2) is 6.54. The first-order chi connectivity index (χ1) is 12.9. The summed E-state index contributed by atoms with van der Waals surface area (Å²) in [5.74, 6) is 7.92. The third kappa shape index (κ3) is 2.57. The van der Waals surface area contributed by atoms with E-state index < -0.39 is 11.7 Å². The Labute approximate surface area is 162 Å². The molecule has 0 aromatic heterocycles. The molecule has 3 nitrogen and oxygen atoms in total. The van der Waals surface area contributed by atoms with Gasteiger partial charge in [-0.3, -0.25) is 0 Å². The Hall–Kier alpha value is -1.50.